The Bertz CT molecular complexity index is 345. The third kappa shape index (κ3) is 1.70. The van der Waals surface area contributed by atoms with Gasteiger partial charge >= 0.3 is 0 Å². The van der Waals surface area contributed by atoms with Crippen molar-refractivity contribution in [2.45, 2.75) is 6.92 Å². The summed E-state index contributed by atoms with van der Waals surface area (Å²) in [6.07, 6.45) is 0. The highest BCUT2D eigenvalue weighted by Crippen LogP contribution is 2.04. The first kappa shape index (κ1) is 8.48. The molecule has 0 atom stereocenters. The third-order valence-electron chi connectivity index (χ3n) is 1.74. The average molecular weight is 158 g/mol. The van der Waals surface area contributed by atoms with E-state index in [4.69, 9.17) is 5.26 Å². The maximum Gasteiger partial charge on any atom is 0.0991 e. The van der Waals surface area contributed by atoms with Crippen molar-refractivity contribution in [3.8, 4) is 6.07 Å². The summed E-state index contributed by atoms with van der Waals surface area (Å²) in [7, 11) is 1.74. The number of nitrogens with zero attached hydrogens (tertiary/aromatic N) is 2. The van der Waals surface area contributed by atoms with Gasteiger partial charge in [0.2, 0.25) is 0 Å². The van der Waals surface area contributed by atoms with Crippen LogP contribution >= 0.6 is 0 Å². The Labute approximate surface area is 72.2 Å². The van der Waals surface area contributed by atoms with Crippen LogP contribution in [0.15, 0.2) is 29.3 Å². The Kier molecular flexibility index (Phi) is 2.60. The van der Waals surface area contributed by atoms with Crippen molar-refractivity contribution in [1.82, 2.24) is 0 Å². The molecule has 1 rings (SSSR count). The van der Waals surface area contributed by atoms with Gasteiger partial charge in [-0.15, -0.1) is 0 Å². The molecule has 1 aromatic carbocycles. The van der Waals surface area contributed by atoms with E-state index in [1.807, 2.05) is 25.1 Å². The predicted octanol–water partition coefficient (Wildman–Crippen LogP) is 2.00. The van der Waals surface area contributed by atoms with Crippen molar-refractivity contribution < 1.29 is 0 Å². The Balaban J connectivity index is 3.12. The number of benzene rings is 1. The highest BCUT2D eigenvalue weighted by atomic mass is 14.7. The SMILES string of the molecule is CN=C(C)c1cccc(C#N)c1. The van der Waals surface area contributed by atoms with E-state index in [0.717, 1.165) is 11.3 Å². The van der Waals surface area contributed by atoms with Crippen LogP contribution in [0.3, 0.4) is 0 Å². The van der Waals surface area contributed by atoms with Gasteiger partial charge in [-0.1, -0.05) is 12.1 Å². The van der Waals surface area contributed by atoms with Gasteiger partial charge in [-0.3, -0.25) is 4.99 Å². The van der Waals surface area contributed by atoms with Crippen molar-refractivity contribution in [2.24, 2.45) is 4.99 Å². The molecule has 60 valence electrons. The summed E-state index contributed by atoms with van der Waals surface area (Å²) in [5, 5.41) is 8.63. The smallest absolute Gasteiger partial charge is 0.0991 e. The van der Waals surface area contributed by atoms with Crippen LogP contribution in [-0.2, 0) is 0 Å². The lowest BCUT2D eigenvalue weighted by Gasteiger charge is -1.98. The van der Waals surface area contributed by atoms with Crippen molar-refractivity contribution in [1.29, 1.82) is 5.26 Å². The molecule has 0 bridgehead atoms. The summed E-state index contributed by atoms with van der Waals surface area (Å²) in [6.45, 7) is 1.93. The van der Waals surface area contributed by atoms with Crippen molar-refractivity contribution in [2.75, 3.05) is 7.05 Å². The molecule has 0 spiro atoms. The van der Waals surface area contributed by atoms with E-state index < -0.39 is 0 Å². The highest BCUT2D eigenvalue weighted by Gasteiger charge is 1.96. The molecule has 0 N–H and O–H groups in total. The molecule has 0 radical (unpaired) electrons. The maximum atomic E-state index is 8.63. The largest absolute Gasteiger partial charge is 0.293 e. The van der Waals surface area contributed by atoms with Gasteiger partial charge < -0.3 is 0 Å². The Morgan fingerprint density at radius 2 is 2.25 bits per heavy atom. The van der Waals surface area contributed by atoms with Gasteiger partial charge in [0.25, 0.3) is 0 Å². The van der Waals surface area contributed by atoms with Gasteiger partial charge in [0.15, 0.2) is 0 Å². The van der Waals surface area contributed by atoms with Crippen LogP contribution in [0.1, 0.15) is 18.1 Å². The molecular weight excluding hydrogens is 148 g/mol. The second-order valence-corrected chi connectivity index (χ2v) is 2.50. The van der Waals surface area contributed by atoms with Gasteiger partial charge in [-0.2, -0.15) is 5.26 Å². The molecule has 0 fully saturated rings. The Morgan fingerprint density at radius 3 is 2.83 bits per heavy atom. The predicted molar refractivity (Wildman–Crippen MR) is 49.3 cm³/mol. The maximum absolute atomic E-state index is 8.63. The Morgan fingerprint density at radius 1 is 1.50 bits per heavy atom. The molecule has 0 saturated carbocycles. The van der Waals surface area contributed by atoms with Crippen LogP contribution in [-0.4, -0.2) is 12.8 Å². The third-order valence-corrected chi connectivity index (χ3v) is 1.74. The summed E-state index contributed by atoms with van der Waals surface area (Å²) in [5.74, 6) is 0. The van der Waals surface area contributed by atoms with Gasteiger partial charge in [-0.05, 0) is 24.6 Å². The standard InChI is InChI=1S/C10H10N2/c1-8(12-2)10-5-3-4-9(6-10)7-11/h3-6H,1-2H3. The first-order valence-electron chi connectivity index (χ1n) is 3.72. The molecule has 0 aliphatic heterocycles. The molecule has 0 aromatic heterocycles. The zero-order chi connectivity index (χ0) is 8.97. The van der Waals surface area contributed by atoms with Gasteiger partial charge in [-0.25, -0.2) is 0 Å². The zero-order valence-corrected chi connectivity index (χ0v) is 7.20. The van der Waals surface area contributed by atoms with Gasteiger partial charge in [0, 0.05) is 12.8 Å². The summed E-state index contributed by atoms with van der Waals surface area (Å²) in [6, 6.07) is 9.52. The van der Waals surface area contributed by atoms with Gasteiger partial charge in [0.05, 0.1) is 11.6 Å². The van der Waals surface area contributed by atoms with Gasteiger partial charge in [0.1, 0.15) is 0 Å². The normalized spacial score (nSPS) is 10.9. The fourth-order valence-electron chi connectivity index (χ4n) is 0.943. The first-order chi connectivity index (χ1) is 5.77. The molecule has 0 unspecified atom stereocenters. The lowest BCUT2D eigenvalue weighted by molar-refractivity contribution is 1.40. The number of nitriles is 1. The molecule has 0 saturated heterocycles. The minimum absolute atomic E-state index is 0.676. The average Bonchev–Trinajstić information content (AvgIpc) is 2.17. The summed E-state index contributed by atoms with van der Waals surface area (Å²) in [5.41, 5.74) is 2.64. The lowest BCUT2D eigenvalue weighted by atomic mass is 10.1. The van der Waals surface area contributed by atoms with Crippen molar-refractivity contribution in [3.63, 3.8) is 0 Å². The molecule has 0 amide bonds. The number of rotatable bonds is 1. The minimum atomic E-state index is 0.676. The van der Waals surface area contributed by atoms with Crippen LogP contribution in [0.2, 0.25) is 0 Å². The second-order valence-electron chi connectivity index (χ2n) is 2.50. The molecule has 0 heterocycles. The van der Waals surface area contributed by atoms with E-state index in [1.54, 1.807) is 13.1 Å². The van der Waals surface area contributed by atoms with E-state index in [0.29, 0.717) is 5.56 Å². The van der Waals surface area contributed by atoms with Crippen LogP contribution in [0.25, 0.3) is 0 Å². The number of hydrogen-bond donors (Lipinski definition) is 0. The molecule has 0 aliphatic rings. The van der Waals surface area contributed by atoms with Crippen molar-refractivity contribution >= 4 is 5.71 Å². The van der Waals surface area contributed by atoms with E-state index in [1.165, 1.54) is 0 Å². The lowest BCUT2D eigenvalue weighted by Crippen LogP contribution is -1.93. The zero-order valence-electron chi connectivity index (χ0n) is 7.20. The second kappa shape index (κ2) is 3.68. The molecular formula is C10H10N2. The molecule has 2 heteroatoms. The summed E-state index contributed by atoms with van der Waals surface area (Å²) >= 11 is 0. The number of hydrogen-bond acceptors (Lipinski definition) is 2. The summed E-state index contributed by atoms with van der Waals surface area (Å²) in [4.78, 5) is 4.04. The first-order valence-corrected chi connectivity index (χ1v) is 3.72. The fourth-order valence-corrected chi connectivity index (χ4v) is 0.943. The van der Waals surface area contributed by atoms with Crippen LogP contribution in [0.4, 0.5) is 0 Å². The molecule has 1 aromatic rings. The topological polar surface area (TPSA) is 36.1 Å². The fraction of sp³-hybridized carbons (Fsp3) is 0.200. The van der Waals surface area contributed by atoms with E-state index in [2.05, 4.69) is 11.1 Å². The molecule has 0 aliphatic carbocycles. The van der Waals surface area contributed by atoms with Crippen LogP contribution in [0.5, 0.6) is 0 Å². The minimum Gasteiger partial charge on any atom is -0.293 e. The molecule has 12 heavy (non-hydrogen) atoms. The summed E-state index contributed by atoms with van der Waals surface area (Å²) < 4.78 is 0. The van der Waals surface area contributed by atoms with Crippen LogP contribution in [0, 0.1) is 11.3 Å². The Hall–Kier alpha value is -1.62. The monoisotopic (exact) mass is 158 g/mol. The van der Waals surface area contributed by atoms with Crippen LogP contribution < -0.4 is 0 Å². The quantitative estimate of drug-likeness (QED) is 0.576. The number of aliphatic imine (C=N–C) groups is 1. The van der Waals surface area contributed by atoms with E-state index in [-0.39, 0.29) is 0 Å². The highest BCUT2D eigenvalue weighted by molar-refractivity contribution is 5.98. The van der Waals surface area contributed by atoms with E-state index in [9.17, 15) is 0 Å². The van der Waals surface area contributed by atoms with Crippen molar-refractivity contribution in [3.05, 3.63) is 35.4 Å². The molecule has 2 nitrogen and oxygen atoms in total. The van der Waals surface area contributed by atoms with E-state index >= 15 is 0 Å².